The molecule has 0 bridgehead atoms. The normalized spacial score (nSPS) is 21.8. The Kier molecular flexibility index (Phi) is 4.48. The van der Waals surface area contributed by atoms with Gasteiger partial charge in [0.2, 0.25) is 10.8 Å². The first-order valence-corrected chi connectivity index (χ1v) is 11.2. The Hall–Kier alpha value is -3.05. The molecule has 2 aliphatic heterocycles. The number of aryl methyl sites for hydroxylation is 1. The molecule has 4 nitrogen and oxygen atoms in total. The maximum atomic E-state index is 14.2. The van der Waals surface area contributed by atoms with E-state index in [-0.39, 0.29) is 11.8 Å². The summed E-state index contributed by atoms with van der Waals surface area (Å²) in [6, 6.07) is 25.7. The van der Waals surface area contributed by atoms with Gasteiger partial charge in [-0.15, -0.1) is 11.8 Å². The van der Waals surface area contributed by atoms with E-state index >= 15 is 0 Å². The highest BCUT2D eigenvalue weighted by molar-refractivity contribution is 8.03. The van der Waals surface area contributed by atoms with Crippen LogP contribution in [0.5, 0.6) is 0 Å². The van der Waals surface area contributed by atoms with Crippen molar-refractivity contribution in [2.45, 2.75) is 36.9 Å². The fourth-order valence-corrected chi connectivity index (χ4v) is 6.18. The summed E-state index contributed by atoms with van der Waals surface area (Å²) in [5.41, 5.74) is 4.66. The summed E-state index contributed by atoms with van der Waals surface area (Å²) in [7, 11) is 0. The van der Waals surface area contributed by atoms with Crippen LogP contribution < -0.4 is 9.80 Å². The van der Waals surface area contributed by atoms with Crippen LogP contribution in [0.4, 0.5) is 11.4 Å². The molecule has 0 aromatic heterocycles. The molecule has 1 spiro atoms. The van der Waals surface area contributed by atoms with Gasteiger partial charge in [0.1, 0.15) is 0 Å². The van der Waals surface area contributed by atoms with E-state index < -0.39 is 9.62 Å². The van der Waals surface area contributed by atoms with Gasteiger partial charge < -0.3 is 4.90 Å². The molecule has 3 aromatic rings. The quantitative estimate of drug-likeness (QED) is 0.572. The Labute approximate surface area is 186 Å². The number of para-hydroxylation sites is 1. The molecule has 1 fully saturated rings. The Morgan fingerprint density at radius 2 is 1.45 bits per heavy atom. The topological polar surface area (TPSA) is 40.6 Å². The first-order valence-electron chi connectivity index (χ1n) is 10.4. The summed E-state index contributed by atoms with van der Waals surface area (Å²) in [6.07, 6.45) is 0. The lowest BCUT2D eigenvalue weighted by atomic mass is 10.0. The van der Waals surface area contributed by atoms with Crippen molar-refractivity contribution in [3.63, 3.8) is 0 Å². The van der Waals surface area contributed by atoms with Crippen molar-refractivity contribution >= 4 is 35.0 Å². The van der Waals surface area contributed by atoms with Crippen molar-refractivity contribution in [3.8, 4) is 0 Å². The summed E-state index contributed by atoms with van der Waals surface area (Å²) in [6.45, 7) is 6.30. The molecule has 2 amide bonds. The van der Waals surface area contributed by atoms with Crippen LogP contribution in [0.1, 0.15) is 30.5 Å². The number of rotatable bonds is 3. The fraction of sp³-hybridized carbons (Fsp3) is 0.231. The highest BCUT2D eigenvalue weighted by Crippen LogP contribution is 2.61. The van der Waals surface area contributed by atoms with Gasteiger partial charge in [0.25, 0.3) is 5.91 Å². The SMILES string of the molecule is Cc1ccc(N2C(=O)C(C)(C)SC23C(=O)N(Cc2ccccc2)c2ccccc23)cc1. The summed E-state index contributed by atoms with van der Waals surface area (Å²) in [4.78, 5) is 30.3. The number of thioether (sulfide) groups is 1. The Morgan fingerprint density at radius 1 is 0.806 bits per heavy atom. The van der Waals surface area contributed by atoms with Gasteiger partial charge in [0.15, 0.2) is 0 Å². The molecule has 0 saturated carbocycles. The average Bonchev–Trinajstić information content (AvgIpc) is 3.12. The fourth-order valence-electron chi connectivity index (χ4n) is 4.50. The monoisotopic (exact) mass is 428 g/mol. The number of anilines is 2. The van der Waals surface area contributed by atoms with Gasteiger partial charge in [-0.25, -0.2) is 0 Å². The average molecular weight is 429 g/mol. The van der Waals surface area contributed by atoms with Crippen LogP contribution in [0.3, 0.4) is 0 Å². The van der Waals surface area contributed by atoms with E-state index in [4.69, 9.17) is 0 Å². The molecule has 0 N–H and O–H groups in total. The van der Waals surface area contributed by atoms with Crippen LogP contribution in [0.15, 0.2) is 78.9 Å². The number of hydrogen-bond donors (Lipinski definition) is 0. The van der Waals surface area contributed by atoms with E-state index in [9.17, 15) is 9.59 Å². The molecule has 2 aliphatic rings. The van der Waals surface area contributed by atoms with E-state index in [2.05, 4.69) is 0 Å². The number of hydrogen-bond acceptors (Lipinski definition) is 3. The summed E-state index contributed by atoms with van der Waals surface area (Å²) in [5, 5.41) is 0. The lowest BCUT2D eigenvalue weighted by Crippen LogP contribution is -2.50. The van der Waals surface area contributed by atoms with Crippen LogP contribution in [0.2, 0.25) is 0 Å². The van der Waals surface area contributed by atoms with Crippen molar-refractivity contribution in [3.05, 3.63) is 95.6 Å². The minimum atomic E-state index is -1.11. The predicted molar refractivity (Wildman–Crippen MR) is 126 cm³/mol. The first-order chi connectivity index (χ1) is 14.8. The Balaban J connectivity index is 1.70. The highest BCUT2D eigenvalue weighted by Gasteiger charge is 2.66. The van der Waals surface area contributed by atoms with Gasteiger partial charge in [-0.05, 0) is 44.5 Å². The molecule has 1 saturated heterocycles. The number of benzene rings is 3. The molecule has 5 rings (SSSR count). The molecule has 1 unspecified atom stereocenters. The van der Waals surface area contributed by atoms with E-state index in [1.165, 1.54) is 11.8 Å². The van der Waals surface area contributed by atoms with Gasteiger partial charge >= 0.3 is 0 Å². The summed E-state index contributed by atoms with van der Waals surface area (Å²) in [5.74, 6) is -0.117. The molecule has 0 radical (unpaired) electrons. The Bertz CT molecular complexity index is 1170. The summed E-state index contributed by atoms with van der Waals surface area (Å²) >= 11 is 1.44. The lowest BCUT2D eigenvalue weighted by Gasteiger charge is -2.33. The third-order valence-corrected chi connectivity index (χ3v) is 7.56. The van der Waals surface area contributed by atoms with Crippen molar-refractivity contribution < 1.29 is 9.59 Å². The maximum absolute atomic E-state index is 14.2. The highest BCUT2D eigenvalue weighted by atomic mass is 32.2. The third-order valence-electron chi connectivity index (χ3n) is 6.01. The molecule has 5 heteroatoms. The van der Waals surface area contributed by atoms with E-state index in [0.717, 1.165) is 28.1 Å². The zero-order valence-corrected chi connectivity index (χ0v) is 18.6. The standard InChI is InChI=1S/C26H24N2O2S/c1-18-13-15-20(16-14-18)28-23(29)25(2,3)31-26(28)21-11-7-8-12-22(21)27(24(26)30)17-19-9-5-4-6-10-19/h4-16H,17H2,1-3H3. The van der Waals surface area contributed by atoms with Gasteiger partial charge in [-0.1, -0.05) is 66.2 Å². The maximum Gasteiger partial charge on any atom is 0.269 e. The second kappa shape index (κ2) is 6.99. The van der Waals surface area contributed by atoms with Crippen LogP contribution in [0, 0.1) is 6.92 Å². The number of carbonyl (C=O) groups is 2. The largest absolute Gasteiger partial charge is 0.304 e. The van der Waals surface area contributed by atoms with Gasteiger partial charge in [-0.3, -0.25) is 14.5 Å². The van der Waals surface area contributed by atoms with Crippen LogP contribution >= 0.6 is 11.8 Å². The van der Waals surface area contributed by atoms with Crippen molar-refractivity contribution in [2.24, 2.45) is 0 Å². The third kappa shape index (κ3) is 2.91. The number of fused-ring (bicyclic) bond motifs is 2. The van der Waals surface area contributed by atoms with Gasteiger partial charge in [0.05, 0.1) is 17.0 Å². The van der Waals surface area contributed by atoms with Crippen molar-refractivity contribution in [2.75, 3.05) is 9.80 Å². The predicted octanol–water partition coefficient (Wildman–Crippen LogP) is 5.25. The number of nitrogens with zero attached hydrogens (tertiary/aromatic N) is 2. The van der Waals surface area contributed by atoms with E-state index in [0.29, 0.717) is 6.54 Å². The lowest BCUT2D eigenvalue weighted by molar-refractivity contribution is -0.125. The molecule has 31 heavy (non-hydrogen) atoms. The van der Waals surface area contributed by atoms with E-state index in [1.54, 1.807) is 4.90 Å². The zero-order chi connectivity index (χ0) is 21.8. The minimum absolute atomic E-state index is 0.0499. The first kappa shape index (κ1) is 19.9. The molecular weight excluding hydrogens is 404 g/mol. The van der Waals surface area contributed by atoms with Crippen LogP contribution in [-0.4, -0.2) is 16.6 Å². The molecule has 156 valence electrons. The molecule has 0 aliphatic carbocycles. The Morgan fingerprint density at radius 3 is 2.16 bits per heavy atom. The smallest absolute Gasteiger partial charge is 0.269 e. The zero-order valence-electron chi connectivity index (χ0n) is 17.8. The molecule has 2 heterocycles. The van der Waals surface area contributed by atoms with Crippen LogP contribution in [0.25, 0.3) is 0 Å². The minimum Gasteiger partial charge on any atom is -0.304 e. The molecular formula is C26H24N2O2S. The number of amides is 2. The van der Waals surface area contributed by atoms with E-state index in [1.807, 2.05) is 105 Å². The van der Waals surface area contributed by atoms with Crippen molar-refractivity contribution in [1.82, 2.24) is 0 Å². The van der Waals surface area contributed by atoms with Gasteiger partial charge in [-0.2, -0.15) is 0 Å². The van der Waals surface area contributed by atoms with Gasteiger partial charge in [0, 0.05) is 11.3 Å². The second-order valence-electron chi connectivity index (χ2n) is 8.63. The second-order valence-corrected chi connectivity index (χ2v) is 10.4. The van der Waals surface area contributed by atoms with Crippen LogP contribution in [-0.2, 0) is 21.0 Å². The molecule has 3 aromatic carbocycles. The number of carbonyl (C=O) groups excluding carboxylic acids is 2. The van der Waals surface area contributed by atoms with Crippen molar-refractivity contribution in [1.29, 1.82) is 0 Å². The summed E-state index contributed by atoms with van der Waals surface area (Å²) < 4.78 is -0.726. The molecule has 1 atom stereocenters.